The van der Waals surface area contributed by atoms with Crippen LogP contribution in [0.1, 0.15) is 89.9 Å². The minimum Gasteiger partial charge on any atom is -0.481 e. The molecule has 2 rings (SSSR count). The van der Waals surface area contributed by atoms with Gasteiger partial charge in [-0.25, -0.2) is 0 Å². The number of carboxylic acid groups (broad SMARTS) is 1. The molecule has 13 N–H and O–H groups in total. The van der Waals surface area contributed by atoms with E-state index in [0.29, 0.717) is 50.0 Å². The molecule has 0 unspecified atom stereocenters. The maximum Gasteiger partial charge on any atom is 0.303 e. The number of carboxylic acids is 1. The first-order valence-corrected chi connectivity index (χ1v) is 20.4. The third kappa shape index (κ3) is 18.4. The Hall–Kier alpha value is -5.82. The lowest BCUT2D eigenvalue weighted by atomic mass is 9.97. The molecule has 1 aromatic heterocycles. The van der Waals surface area contributed by atoms with Crippen LogP contribution in [0.15, 0.2) is 53.1 Å². The fraction of sp³-hybridized carbons (Fsp3) is 0.561. The summed E-state index contributed by atoms with van der Waals surface area (Å²) in [6.07, 6.45) is 3.03. The molecule has 0 aliphatic heterocycles. The van der Waals surface area contributed by atoms with Gasteiger partial charge in [-0.15, -0.1) is 0 Å². The lowest BCUT2D eigenvalue weighted by Crippen LogP contribution is -2.60. The number of aliphatic carboxylic acids is 1. The van der Waals surface area contributed by atoms with Gasteiger partial charge >= 0.3 is 5.97 Å². The van der Waals surface area contributed by atoms with Crippen molar-refractivity contribution in [2.45, 2.75) is 128 Å². The second-order valence-electron chi connectivity index (χ2n) is 14.7. The summed E-state index contributed by atoms with van der Waals surface area (Å²) in [6, 6.07) is 4.67. The highest BCUT2D eigenvalue weighted by molar-refractivity contribution is 5.97. The summed E-state index contributed by atoms with van der Waals surface area (Å²) in [5.41, 5.74) is 17.7. The van der Waals surface area contributed by atoms with Crippen LogP contribution < -0.4 is 49.1 Å². The fourth-order valence-corrected chi connectivity index (χ4v) is 6.24. The first-order chi connectivity index (χ1) is 28.6. The molecule has 0 aliphatic carbocycles. The van der Waals surface area contributed by atoms with E-state index in [0.717, 1.165) is 0 Å². The van der Waals surface area contributed by atoms with Crippen molar-refractivity contribution in [1.82, 2.24) is 31.9 Å². The second-order valence-corrected chi connectivity index (χ2v) is 14.7. The Morgan fingerprint density at radius 2 is 1.13 bits per heavy atom. The molecule has 7 amide bonds. The topological polar surface area (TPSA) is 320 Å². The Morgan fingerprint density at radius 1 is 0.633 bits per heavy atom. The van der Waals surface area contributed by atoms with Gasteiger partial charge in [0.1, 0.15) is 42.0 Å². The number of nitrogens with one attached hydrogen (secondary N) is 6. The number of carbonyl (C=O) groups excluding carboxylic acids is 7. The average molecular weight is 842 g/mol. The molecule has 19 nitrogen and oxygen atoms in total. The molecule has 0 spiro atoms. The van der Waals surface area contributed by atoms with Gasteiger partial charge in [-0.2, -0.15) is 0 Å². The molecule has 0 bridgehead atoms. The van der Waals surface area contributed by atoms with E-state index in [1.165, 1.54) is 13.2 Å². The Labute approximate surface area is 350 Å². The number of amides is 7. The maximum atomic E-state index is 14.1. The van der Waals surface area contributed by atoms with E-state index in [-0.39, 0.29) is 44.6 Å². The molecule has 19 heteroatoms. The first kappa shape index (κ1) is 50.3. The highest BCUT2D eigenvalue weighted by Crippen LogP contribution is 2.12. The van der Waals surface area contributed by atoms with Crippen LogP contribution in [0.4, 0.5) is 0 Å². The Kier molecular flexibility index (Phi) is 22.7. The van der Waals surface area contributed by atoms with Crippen LogP contribution in [0.25, 0.3) is 0 Å². The zero-order valence-corrected chi connectivity index (χ0v) is 34.7. The Bertz CT molecular complexity index is 1690. The monoisotopic (exact) mass is 841 g/mol. The third-order valence-electron chi connectivity index (χ3n) is 9.85. The van der Waals surface area contributed by atoms with Crippen molar-refractivity contribution in [3.63, 3.8) is 0 Å². The molecule has 2 aromatic rings. The molecular weight excluding hydrogens is 779 g/mol. The van der Waals surface area contributed by atoms with Crippen molar-refractivity contribution in [1.29, 1.82) is 0 Å². The van der Waals surface area contributed by atoms with Gasteiger partial charge in [0.05, 0.1) is 6.26 Å². The third-order valence-corrected chi connectivity index (χ3v) is 9.85. The van der Waals surface area contributed by atoms with E-state index in [1.54, 1.807) is 49.4 Å². The smallest absolute Gasteiger partial charge is 0.303 e. The number of carbonyl (C=O) groups is 8. The van der Waals surface area contributed by atoms with Gasteiger partial charge in [-0.05, 0) is 81.6 Å². The number of benzene rings is 1. The molecule has 60 heavy (non-hydrogen) atoms. The van der Waals surface area contributed by atoms with Gasteiger partial charge in [-0.1, -0.05) is 50.6 Å². The van der Waals surface area contributed by atoms with Crippen molar-refractivity contribution >= 4 is 47.3 Å². The van der Waals surface area contributed by atoms with Crippen LogP contribution in [-0.4, -0.2) is 102 Å². The van der Waals surface area contributed by atoms with E-state index in [2.05, 4.69) is 31.9 Å². The fourth-order valence-electron chi connectivity index (χ4n) is 6.24. The van der Waals surface area contributed by atoms with E-state index in [4.69, 9.17) is 21.6 Å². The number of unbranched alkanes of at least 4 members (excludes halogenated alkanes) is 2. The predicted molar refractivity (Wildman–Crippen MR) is 221 cm³/mol. The van der Waals surface area contributed by atoms with Gasteiger partial charge < -0.3 is 58.6 Å². The summed E-state index contributed by atoms with van der Waals surface area (Å²) in [4.78, 5) is 105. The minimum absolute atomic E-state index is 0.0289. The quantitative estimate of drug-likeness (QED) is 0.0470. The van der Waals surface area contributed by atoms with Crippen molar-refractivity contribution in [2.75, 3.05) is 13.1 Å². The van der Waals surface area contributed by atoms with E-state index < -0.39 is 90.0 Å². The summed E-state index contributed by atoms with van der Waals surface area (Å²) in [5, 5.41) is 25.2. The predicted octanol–water partition coefficient (Wildman–Crippen LogP) is -0.352. The largest absolute Gasteiger partial charge is 0.481 e. The molecule has 0 saturated heterocycles. The standard InChI is InChI=1S/C41H63N9O10/c1-4-25(2)35(45-26(3)51)41(59)48-31(18-19-34(52)53)39(57)46-30(17-9-11-21-43)38(56)50-33(23-27-13-6-5-7-14-27)40(58)47-29(16-8-10-20-42)37(55)49-32(36(44)54)24-28-15-12-22-60-28/h5-7,12-15,22,25,29-33,35H,4,8-11,16-21,23-24,42-43H2,1-3H3,(H2,44,54)(H,45,51)(H,46,57)(H,47,58)(H,48,59)(H,49,55)(H,50,56)(H,52,53)/t25-,29-,30-,31-,32-,33-,35-/m0/s1. The number of furan rings is 1. The van der Waals surface area contributed by atoms with Gasteiger partial charge in [0, 0.05) is 26.2 Å². The van der Waals surface area contributed by atoms with Crippen LogP contribution in [0, 0.1) is 5.92 Å². The van der Waals surface area contributed by atoms with Crippen LogP contribution in [0.2, 0.25) is 0 Å². The Morgan fingerprint density at radius 3 is 1.60 bits per heavy atom. The summed E-state index contributed by atoms with van der Waals surface area (Å²) < 4.78 is 5.31. The average Bonchev–Trinajstić information content (AvgIpc) is 3.73. The van der Waals surface area contributed by atoms with Crippen LogP contribution in [0.3, 0.4) is 0 Å². The molecule has 0 saturated carbocycles. The van der Waals surface area contributed by atoms with Gasteiger partial charge in [0.15, 0.2) is 0 Å². The van der Waals surface area contributed by atoms with E-state index >= 15 is 0 Å². The minimum atomic E-state index is -1.41. The van der Waals surface area contributed by atoms with Gasteiger partial charge in [0.2, 0.25) is 41.4 Å². The zero-order valence-electron chi connectivity index (χ0n) is 34.7. The van der Waals surface area contributed by atoms with Crippen molar-refractivity contribution in [3.8, 4) is 0 Å². The molecule has 0 aliphatic rings. The molecule has 0 fully saturated rings. The SMILES string of the molecule is CC[C@H](C)[C@H](NC(C)=O)C(=O)N[C@@H](CCC(=O)O)C(=O)N[C@@H](CCCCN)C(=O)N[C@@H](Cc1ccccc1)C(=O)N[C@@H](CCCCN)C(=O)N[C@@H](Cc1ccco1)C(N)=O. The van der Waals surface area contributed by atoms with Crippen molar-refractivity contribution in [2.24, 2.45) is 23.1 Å². The molecule has 1 heterocycles. The number of hydrogen-bond acceptors (Lipinski definition) is 11. The van der Waals surface area contributed by atoms with Gasteiger partial charge in [-0.3, -0.25) is 38.4 Å². The lowest BCUT2D eigenvalue weighted by molar-refractivity contribution is -0.138. The van der Waals surface area contributed by atoms with Crippen LogP contribution in [0.5, 0.6) is 0 Å². The summed E-state index contributed by atoms with van der Waals surface area (Å²) in [5.74, 6) is -6.24. The van der Waals surface area contributed by atoms with Crippen molar-refractivity contribution < 1.29 is 47.9 Å². The molecule has 332 valence electrons. The highest BCUT2D eigenvalue weighted by atomic mass is 16.4. The second kappa shape index (κ2) is 27.0. The summed E-state index contributed by atoms with van der Waals surface area (Å²) in [6.45, 7) is 5.40. The number of hydrogen-bond donors (Lipinski definition) is 10. The molecule has 7 atom stereocenters. The first-order valence-electron chi connectivity index (χ1n) is 20.4. The van der Waals surface area contributed by atoms with E-state index in [9.17, 15) is 43.5 Å². The number of nitrogens with two attached hydrogens (primary N) is 3. The molecular formula is C41H63N9O10. The van der Waals surface area contributed by atoms with Crippen LogP contribution >= 0.6 is 0 Å². The Balaban J connectivity index is 2.42. The number of rotatable bonds is 29. The van der Waals surface area contributed by atoms with E-state index in [1.807, 2.05) is 6.92 Å². The van der Waals surface area contributed by atoms with Crippen LogP contribution in [-0.2, 0) is 51.2 Å². The summed E-state index contributed by atoms with van der Waals surface area (Å²) >= 11 is 0. The number of primary amides is 1. The van der Waals surface area contributed by atoms with Gasteiger partial charge in [0.25, 0.3) is 0 Å². The molecule has 0 radical (unpaired) electrons. The molecule has 1 aromatic carbocycles. The lowest BCUT2D eigenvalue weighted by Gasteiger charge is -2.28. The maximum absolute atomic E-state index is 14.1. The normalized spacial score (nSPS) is 14.5. The van der Waals surface area contributed by atoms with Crippen molar-refractivity contribution in [3.05, 3.63) is 60.1 Å². The zero-order chi connectivity index (χ0) is 44.6. The highest BCUT2D eigenvalue weighted by Gasteiger charge is 2.34. The summed E-state index contributed by atoms with van der Waals surface area (Å²) in [7, 11) is 0.